The first-order chi connectivity index (χ1) is 9.38. The second kappa shape index (κ2) is 6.29. The zero-order chi connectivity index (χ0) is 13.1. The quantitative estimate of drug-likeness (QED) is 0.910. The minimum absolute atomic E-state index is 0.732. The van der Waals surface area contributed by atoms with E-state index in [4.69, 9.17) is 0 Å². The average Bonchev–Trinajstić information content (AvgIpc) is 2.89. The largest absolute Gasteiger partial charge is 0.317 e. The third-order valence-corrected chi connectivity index (χ3v) is 5.74. The van der Waals surface area contributed by atoms with Crippen LogP contribution in [0.2, 0.25) is 0 Å². The Kier molecular flexibility index (Phi) is 4.46. The van der Waals surface area contributed by atoms with Crippen LogP contribution in [0, 0.1) is 0 Å². The molecule has 19 heavy (non-hydrogen) atoms. The molecular weight excluding hydrogens is 252 g/mol. The highest BCUT2D eigenvalue weighted by Gasteiger charge is 2.27. The van der Waals surface area contributed by atoms with Crippen molar-refractivity contribution in [3.8, 4) is 0 Å². The van der Waals surface area contributed by atoms with Gasteiger partial charge in [0.15, 0.2) is 0 Å². The molecule has 0 spiro atoms. The molecule has 0 aliphatic carbocycles. The van der Waals surface area contributed by atoms with E-state index < -0.39 is 0 Å². The molecule has 2 aliphatic rings. The monoisotopic (exact) mass is 276 g/mol. The summed E-state index contributed by atoms with van der Waals surface area (Å²) >= 11 is 2.04. The van der Waals surface area contributed by atoms with Gasteiger partial charge in [0.05, 0.1) is 0 Å². The summed E-state index contributed by atoms with van der Waals surface area (Å²) in [5, 5.41) is 3.47. The molecule has 0 bridgehead atoms. The third kappa shape index (κ3) is 2.99. The average molecular weight is 276 g/mol. The first-order valence-electron chi connectivity index (χ1n) is 7.55. The van der Waals surface area contributed by atoms with E-state index in [-0.39, 0.29) is 0 Å². The molecule has 3 heteroatoms. The van der Waals surface area contributed by atoms with Crippen molar-refractivity contribution in [2.75, 3.05) is 31.9 Å². The summed E-state index contributed by atoms with van der Waals surface area (Å²) in [6.07, 6.45) is 2.63. The van der Waals surface area contributed by atoms with E-state index in [0.29, 0.717) is 0 Å². The van der Waals surface area contributed by atoms with Gasteiger partial charge in [-0.15, -0.1) is 11.8 Å². The molecule has 1 unspecified atom stereocenters. The fourth-order valence-electron chi connectivity index (χ4n) is 3.37. The Morgan fingerprint density at radius 3 is 2.84 bits per heavy atom. The van der Waals surface area contributed by atoms with Gasteiger partial charge >= 0.3 is 0 Å². The normalized spacial score (nSPS) is 23.8. The summed E-state index contributed by atoms with van der Waals surface area (Å²) < 4.78 is 0. The Bertz CT molecular complexity index is 415. The molecule has 1 atom stereocenters. The number of piperidine rings is 1. The molecule has 0 amide bonds. The number of likely N-dealkylation sites (N-methyl/N-ethyl adjacent to an activating group) is 1. The molecule has 0 aromatic heterocycles. The molecule has 0 radical (unpaired) electrons. The number of hydrogen-bond acceptors (Lipinski definition) is 3. The first kappa shape index (κ1) is 13.5. The smallest absolute Gasteiger partial charge is 0.0120 e. The molecule has 3 rings (SSSR count). The fraction of sp³-hybridized carbons (Fsp3) is 0.625. The lowest BCUT2D eigenvalue weighted by Crippen LogP contribution is -2.44. The van der Waals surface area contributed by atoms with Crippen LogP contribution < -0.4 is 5.32 Å². The summed E-state index contributed by atoms with van der Waals surface area (Å²) in [6.45, 7) is 7.13. The van der Waals surface area contributed by atoms with Crippen molar-refractivity contribution in [2.24, 2.45) is 0 Å². The van der Waals surface area contributed by atoms with Gasteiger partial charge in [0, 0.05) is 29.2 Å². The number of hydrogen-bond donors (Lipinski definition) is 1. The van der Waals surface area contributed by atoms with Crippen LogP contribution in [0.15, 0.2) is 29.2 Å². The standard InChI is InChI=1S/C16H24N2S/c1-2-18(14-7-9-17-10-8-14)11-13-12-19-16-6-4-3-5-15(13)16/h3-6,13-14,17H,2,7-12H2,1H3. The minimum Gasteiger partial charge on any atom is -0.317 e. The zero-order valence-electron chi connectivity index (χ0n) is 11.8. The van der Waals surface area contributed by atoms with Gasteiger partial charge in [-0.05, 0) is 44.1 Å². The Balaban J connectivity index is 1.67. The molecule has 0 saturated carbocycles. The second-order valence-corrected chi connectivity index (χ2v) is 6.68. The maximum atomic E-state index is 3.47. The summed E-state index contributed by atoms with van der Waals surface area (Å²) in [5.74, 6) is 2.00. The van der Waals surface area contributed by atoms with E-state index in [1.165, 1.54) is 49.7 Å². The highest BCUT2D eigenvalue weighted by molar-refractivity contribution is 7.99. The fourth-order valence-corrected chi connectivity index (χ4v) is 4.61. The number of thioether (sulfide) groups is 1. The van der Waals surface area contributed by atoms with Gasteiger partial charge in [0.1, 0.15) is 0 Å². The molecule has 1 aromatic carbocycles. The molecule has 1 saturated heterocycles. The van der Waals surface area contributed by atoms with Gasteiger partial charge in [0.2, 0.25) is 0 Å². The molecule has 2 aliphatic heterocycles. The predicted octanol–water partition coefficient (Wildman–Crippen LogP) is 2.95. The number of nitrogens with zero attached hydrogens (tertiary/aromatic N) is 1. The van der Waals surface area contributed by atoms with Crippen molar-refractivity contribution in [1.29, 1.82) is 0 Å². The van der Waals surface area contributed by atoms with Crippen LogP contribution in [0.25, 0.3) is 0 Å². The Hall–Kier alpha value is -0.510. The zero-order valence-corrected chi connectivity index (χ0v) is 12.6. The number of benzene rings is 1. The highest BCUT2D eigenvalue weighted by Crippen LogP contribution is 2.39. The molecule has 1 aromatic rings. The van der Waals surface area contributed by atoms with Crippen LogP contribution in [0.3, 0.4) is 0 Å². The van der Waals surface area contributed by atoms with Crippen LogP contribution in [0.5, 0.6) is 0 Å². The number of nitrogens with one attached hydrogen (secondary N) is 1. The van der Waals surface area contributed by atoms with Crippen LogP contribution in [-0.4, -0.2) is 42.9 Å². The van der Waals surface area contributed by atoms with E-state index in [0.717, 1.165) is 12.0 Å². The van der Waals surface area contributed by atoms with Crippen molar-refractivity contribution < 1.29 is 0 Å². The maximum Gasteiger partial charge on any atom is 0.0120 e. The van der Waals surface area contributed by atoms with E-state index in [1.54, 1.807) is 5.56 Å². The van der Waals surface area contributed by atoms with Gasteiger partial charge in [0.25, 0.3) is 0 Å². The Morgan fingerprint density at radius 2 is 2.05 bits per heavy atom. The summed E-state index contributed by atoms with van der Waals surface area (Å²) in [5.41, 5.74) is 1.58. The van der Waals surface area contributed by atoms with Crippen molar-refractivity contribution in [3.63, 3.8) is 0 Å². The SMILES string of the molecule is CCN(CC1CSc2ccccc21)C1CCNCC1. The third-order valence-electron chi connectivity index (χ3n) is 4.49. The van der Waals surface area contributed by atoms with Crippen LogP contribution in [0.4, 0.5) is 0 Å². The van der Waals surface area contributed by atoms with Gasteiger partial charge in [-0.2, -0.15) is 0 Å². The molecule has 1 fully saturated rings. The van der Waals surface area contributed by atoms with E-state index in [1.807, 2.05) is 11.8 Å². The van der Waals surface area contributed by atoms with E-state index in [9.17, 15) is 0 Å². The first-order valence-corrected chi connectivity index (χ1v) is 8.53. The number of fused-ring (bicyclic) bond motifs is 1. The van der Waals surface area contributed by atoms with Crippen LogP contribution in [-0.2, 0) is 0 Å². The van der Waals surface area contributed by atoms with E-state index in [2.05, 4.69) is 41.4 Å². The minimum atomic E-state index is 0.732. The maximum absolute atomic E-state index is 3.47. The van der Waals surface area contributed by atoms with E-state index >= 15 is 0 Å². The molecule has 104 valence electrons. The second-order valence-electron chi connectivity index (χ2n) is 5.61. The predicted molar refractivity (Wildman–Crippen MR) is 83.0 cm³/mol. The summed E-state index contributed by atoms with van der Waals surface area (Å²) in [7, 11) is 0. The van der Waals surface area contributed by atoms with Crippen LogP contribution >= 0.6 is 11.8 Å². The molecule has 2 heterocycles. The molecule has 1 N–H and O–H groups in total. The van der Waals surface area contributed by atoms with Crippen molar-refractivity contribution >= 4 is 11.8 Å². The van der Waals surface area contributed by atoms with Crippen molar-refractivity contribution in [1.82, 2.24) is 10.2 Å². The van der Waals surface area contributed by atoms with Crippen molar-refractivity contribution in [3.05, 3.63) is 29.8 Å². The topological polar surface area (TPSA) is 15.3 Å². The van der Waals surface area contributed by atoms with Gasteiger partial charge < -0.3 is 5.32 Å². The van der Waals surface area contributed by atoms with Crippen LogP contribution in [0.1, 0.15) is 31.2 Å². The van der Waals surface area contributed by atoms with Gasteiger partial charge in [-0.1, -0.05) is 25.1 Å². The summed E-state index contributed by atoms with van der Waals surface area (Å²) in [4.78, 5) is 4.22. The Labute approximate surface area is 121 Å². The van der Waals surface area contributed by atoms with Crippen molar-refractivity contribution in [2.45, 2.75) is 36.6 Å². The highest BCUT2D eigenvalue weighted by atomic mass is 32.2. The number of rotatable bonds is 4. The lowest BCUT2D eigenvalue weighted by atomic mass is 9.98. The molecule has 2 nitrogen and oxygen atoms in total. The Morgan fingerprint density at radius 1 is 1.26 bits per heavy atom. The lowest BCUT2D eigenvalue weighted by Gasteiger charge is -2.35. The summed E-state index contributed by atoms with van der Waals surface area (Å²) in [6, 6.07) is 9.76. The lowest BCUT2D eigenvalue weighted by molar-refractivity contribution is 0.163. The van der Waals surface area contributed by atoms with Gasteiger partial charge in [-0.25, -0.2) is 0 Å². The molecular formula is C16H24N2S. The van der Waals surface area contributed by atoms with Gasteiger partial charge in [-0.3, -0.25) is 4.90 Å².